The van der Waals surface area contributed by atoms with Gasteiger partial charge in [0.1, 0.15) is 0 Å². The molecule has 1 N–H and O–H groups in total. The Morgan fingerprint density at radius 3 is 1.34 bits per heavy atom. The first-order valence-electron chi connectivity index (χ1n) is 14.5. The Labute approximate surface area is 214 Å². The molecule has 2 atom stereocenters. The van der Waals surface area contributed by atoms with Crippen LogP contribution in [0.15, 0.2) is 0 Å². The summed E-state index contributed by atoms with van der Waals surface area (Å²) >= 11 is 0. The van der Waals surface area contributed by atoms with Crippen molar-refractivity contribution in [3.8, 4) is 0 Å². The van der Waals surface area contributed by atoms with Gasteiger partial charge in [0.2, 0.25) is 0 Å². The van der Waals surface area contributed by atoms with Crippen molar-refractivity contribution in [3.63, 3.8) is 0 Å². The second kappa shape index (κ2) is 24.3. The molecule has 0 bridgehead atoms. The summed E-state index contributed by atoms with van der Waals surface area (Å²) in [6.07, 6.45) is 15.9. The normalized spacial score (nSPS) is 12.8. The van der Waals surface area contributed by atoms with E-state index in [1.165, 1.54) is 19.3 Å². The van der Waals surface area contributed by atoms with E-state index in [4.69, 9.17) is 9.47 Å². The highest BCUT2D eigenvalue weighted by atomic mass is 16.6. The van der Waals surface area contributed by atoms with Crippen LogP contribution >= 0.6 is 0 Å². The third-order valence-electron chi connectivity index (χ3n) is 6.37. The molecule has 0 amide bonds. The summed E-state index contributed by atoms with van der Waals surface area (Å²) in [6.45, 7) is 5.91. The van der Waals surface area contributed by atoms with Gasteiger partial charge in [0, 0.05) is 19.3 Å². The van der Waals surface area contributed by atoms with Crippen molar-refractivity contribution in [3.05, 3.63) is 0 Å². The van der Waals surface area contributed by atoms with Gasteiger partial charge in [-0.2, -0.15) is 0 Å². The maximum absolute atomic E-state index is 13.0. The average molecular weight is 499 g/mol. The SMILES string of the molecule is CCCCCCCCCC(=O)C(OC(=O)CCCCCCC)C(CO)OC(=O)CCCCCCC. The van der Waals surface area contributed by atoms with Gasteiger partial charge < -0.3 is 14.6 Å². The largest absolute Gasteiger partial charge is 0.455 e. The zero-order valence-corrected chi connectivity index (χ0v) is 23.0. The van der Waals surface area contributed by atoms with Gasteiger partial charge in [0.15, 0.2) is 18.0 Å². The van der Waals surface area contributed by atoms with Gasteiger partial charge in [0.05, 0.1) is 6.61 Å². The van der Waals surface area contributed by atoms with E-state index in [0.717, 1.165) is 70.6 Å². The van der Waals surface area contributed by atoms with Crippen molar-refractivity contribution < 1.29 is 29.0 Å². The summed E-state index contributed by atoms with van der Waals surface area (Å²) in [6, 6.07) is 0. The molecule has 0 fully saturated rings. The van der Waals surface area contributed by atoms with Crippen LogP contribution in [0.1, 0.15) is 149 Å². The number of ketones is 1. The Morgan fingerprint density at radius 2 is 0.914 bits per heavy atom. The van der Waals surface area contributed by atoms with Crippen LogP contribution in [0, 0.1) is 0 Å². The Bertz CT molecular complexity index is 533. The molecule has 0 aromatic carbocycles. The predicted molar refractivity (Wildman–Crippen MR) is 141 cm³/mol. The topological polar surface area (TPSA) is 89.9 Å². The zero-order chi connectivity index (χ0) is 26.2. The van der Waals surface area contributed by atoms with E-state index in [9.17, 15) is 19.5 Å². The molecule has 35 heavy (non-hydrogen) atoms. The maximum atomic E-state index is 13.0. The van der Waals surface area contributed by atoms with Crippen molar-refractivity contribution in [1.29, 1.82) is 0 Å². The molecule has 6 heteroatoms. The highest BCUT2D eigenvalue weighted by Gasteiger charge is 2.33. The first-order valence-corrected chi connectivity index (χ1v) is 14.5. The van der Waals surface area contributed by atoms with Crippen molar-refractivity contribution in [2.75, 3.05) is 6.61 Å². The zero-order valence-electron chi connectivity index (χ0n) is 23.0. The monoisotopic (exact) mass is 498 g/mol. The molecule has 0 spiro atoms. The molecular formula is C29H54O6. The van der Waals surface area contributed by atoms with E-state index in [0.29, 0.717) is 19.3 Å². The molecule has 6 nitrogen and oxygen atoms in total. The number of unbranched alkanes of at least 4 members (excludes halogenated alkanes) is 14. The fourth-order valence-corrected chi connectivity index (χ4v) is 4.12. The number of rotatable bonds is 25. The van der Waals surface area contributed by atoms with Crippen LogP contribution in [-0.2, 0) is 23.9 Å². The van der Waals surface area contributed by atoms with E-state index in [1.54, 1.807) is 0 Å². The lowest BCUT2D eigenvalue weighted by atomic mass is 10.0. The van der Waals surface area contributed by atoms with E-state index in [2.05, 4.69) is 20.8 Å². The minimum atomic E-state index is -1.23. The van der Waals surface area contributed by atoms with Gasteiger partial charge in [-0.15, -0.1) is 0 Å². The smallest absolute Gasteiger partial charge is 0.306 e. The molecule has 0 aromatic rings. The second-order valence-corrected chi connectivity index (χ2v) is 9.79. The molecule has 0 aliphatic rings. The predicted octanol–water partition coefficient (Wildman–Crippen LogP) is 7.23. The molecule has 0 saturated heterocycles. The lowest BCUT2D eigenvalue weighted by molar-refractivity contribution is -0.175. The minimum Gasteiger partial charge on any atom is -0.455 e. The number of esters is 2. The Kier molecular flexibility index (Phi) is 23.3. The molecule has 0 aromatic heterocycles. The van der Waals surface area contributed by atoms with E-state index < -0.39 is 30.8 Å². The van der Waals surface area contributed by atoms with Gasteiger partial charge in [0.25, 0.3) is 0 Å². The van der Waals surface area contributed by atoms with Crippen LogP contribution in [0.25, 0.3) is 0 Å². The van der Waals surface area contributed by atoms with Crippen LogP contribution < -0.4 is 0 Å². The lowest BCUT2D eigenvalue weighted by Gasteiger charge is -2.25. The number of carbonyl (C=O) groups excluding carboxylic acids is 3. The number of aliphatic hydroxyl groups is 1. The van der Waals surface area contributed by atoms with Crippen molar-refractivity contribution in [2.45, 2.75) is 161 Å². The first kappa shape index (κ1) is 33.6. The van der Waals surface area contributed by atoms with E-state index in [-0.39, 0.29) is 25.0 Å². The molecule has 2 unspecified atom stereocenters. The Hall–Kier alpha value is -1.43. The maximum Gasteiger partial charge on any atom is 0.306 e. The van der Waals surface area contributed by atoms with Gasteiger partial charge in [-0.1, -0.05) is 111 Å². The average Bonchev–Trinajstić information content (AvgIpc) is 2.85. The summed E-state index contributed by atoms with van der Waals surface area (Å²) < 4.78 is 10.9. The summed E-state index contributed by atoms with van der Waals surface area (Å²) in [5, 5.41) is 9.89. The number of hydrogen-bond acceptors (Lipinski definition) is 6. The number of hydrogen-bond donors (Lipinski definition) is 1. The van der Waals surface area contributed by atoms with Gasteiger partial charge in [-0.25, -0.2) is 0 Å². The van der Waals surface area contributed by atoms with Crippen LogP contribution in [0.3, 0.4) is 0 Å². The standard InChI is InChI=1S/C29H54O6/c1-4-7-10-13-14-17-18-21-25(31)29(35-28(33)23-20-16-12-9-6-3)26(24-30)34-27(32)22-19-15-11-8-5-2/h26,29-30H,4-24H2,1-3H3. The minimum absolute atomic E-state index is 0.231. The molecule has 0 aliphatic carbocycles. The molecule has 0 rings (SSSR count). The first-order chi connectivity index (χ1) is 17.0. The molecule has 0 aliphatic heterocycles. The van der Waals surface area contributed by atoms with E-state index >= 15 is 0 Å². The van der Waals surface area contributed by atoms with Gasteiger partial charge in [-0.05, 0) is 19.3 Å². The Balaban J connectivity index is 4.81. The number of ether oxygens (including phenoxy) is 2. The van der Waals surface area contributed by atoms with Gasteiger partial charge >= 0.3 is 11.9 Å². The van der Waals surface area contributed by atoms with Crippen molar-refractivity contribution in [1.82, 2.24) is 0 Å². The van der Waals surface area contributed by atoms with Crippen LogP contribution in [0.2, 0.25) is 0 Å². The third-order valence-corrected chi connectivity index (χ3v) is 6.37. The molecule has 0 radical (unpaired) electrons. The molecule has 0 heterocycles. The van der Waals surface area contributed by atoms with Crippen molar-refractivity contribution in [2.24, 2.45) is 0 Å². The molecule has 0 saturated carbocycles. The quantitative estimate of drug-likeness (QED) is 0.105. The van der Waals surface area contributed by atoms with Gasteiger partial charge in [-0.3, -0.25) is 14.4 Å². The van der Waals surface area contributed by atoms with Crippen LogP contribution in [0.5, 0.6) is 0 Å². The number of aliphatic hydroxyl groups excluding tert-OH is 1. The number of carbonyl (C=O) groups is 3. The summed E-state index contributed by atoms with van der Waals surface area (Å²) in [5.74, 6) is -1.19. The fourth-order valence-electron chi connectivity index (χ4n) is 4.12. The highest BCUT2D eigenvalue weighted by molar-refractivity contribution is 5.86. The third kappa shape index (κ3) is 19.4. The van der Waals surface area contributed by atoms with Crippen molar-refractivity contribution >= 4 is 17.7 Å². The Morgan fingerprint density at radius 1 is 0.543 bits per heavy atom. The molecule has 206 valence electrons. The summed E-state index contributed by atoms with van der Waals surface area (Å²) in [5.41, 5.74) is 0. The lowest BCUT2D eigenvalue weighted by Crippen LogP contribution is -2.43. The highest BCUT2D eigenvalue weighted by Crippen LogP contribution is 2.16. The van der Waals surface area contributed by atoms with E-state index in [1.807, 2.05) is 0 Å². The van der Waals surface area contributed by atoms with Crippen LogP contribution in [-0.4, -0.2) is 41.6 Å². The fraction of sp³-hybridized carbons (Fsp3) is 0.897. The second-order valence-electron chi connectivity index (χ2n) is 9.79. The summed E-state index contributed by atoms with van der Waals surface area (Å²) in [7, 11) is 0. The number of Topliss-reactive ketones (excluding diaryl/α,β-unsaturated/α-hetero) is 1. The van der Waals surface area contributed by atoms with Crippen LogP contribution in [0.4, 0.5) is 0 Å². The molecular weight excluding hydrogens is 444 g/mol. The summed E-state index contributed by atoms with van der Waals surface area (Å²) in [4.78, 5) is 37.7.